The van der Waals surface area contributed by atoms with Gasteiger partial charge in [-0.3, -0.25) is 9.58 Å². The zero-order chi connectivity index (χ0) is 13.8. The Morgan fingerprint density at radius 2 is 2.26 bits per heavy atom. The van der Waals surface area contributed by atoms with Crippen LogP contribution in [0.4, 0.5) is 0 Å². The molecule has 4 heteroatoms. The van der Waals surface area contributed by atoms with Gasteiger partial charge in [0.15, 0.2) is 0 Å². The lowest BCUT2D eigenvalue weighted by Crippen LogP contribution is -2.41. The number of nitrogens with one attached hydrogen (secondary N) is 1. The predicted octanol–water partition coefficient (Wildman–Crippen LogP) is 2.28. The third kappa shape index (κ3) is 3.57. The lowest BCUT2D eigenvalue weighted by molar-refractivity contribution is 0.118. The van der Waals surface area contributed by atoms with Gasteiger partial charge in [-0.05, 0) is 39.3 Å². The van der Waals surface area contributed by atoms with Crippen molar-refractivity contribution in [1.29, 1.82) is 0 Å². The first-order valence-electron chi connectivity index (χ1n) is 7.57. The Labute approximate surface area is 117 Å². The lowest BCUT2D eigenvalue weighted by Gasteiger charge is -2.39. The molecule has 1 aliphatic rings. The number of rotatable bonds is 5. The average Bonchev–Trinajstić information content (AvgIpc) is 2.84. The topological polar surface area (TPSA) is 33.1 Å². The van der Waals surface area contributed by atoms with E-state index in [9.17, 15) is 0 Å². The molecule has 1 aromatic heterocycles. The van der Waals surface area contributed by atoms with Crippen LogP contribution in [-0.2, 0) is 6.54 Å². The summed E-state index contributed by atoms with van der Waals surface area (Å²) < 4.78 is 2.03. The summed E-state index contributed by atoms with van der Waals surface area (Å²) in [6.07, 6.45) is 6.89. The average molecular weight is 264 g/mol. The van der Waals surface area contributed by atoms with Crippen molar-refractivity contribution in [2.75, 3.05) is 20.1 Å². The molecule has 1 saturated heterocycles. The highest BCUT2D eigenvalue weighted by Crippen LogP contribution is 2.34. The molecule has 2 atom stereocenters. The fraction of sp³-hybridized carbons (Fsp3) is 0.800. The summed E-state index contributed by atoms with van der Waals surface area (Å²) >= 11 is 0. The Kier molecular flexibility index (Phi) is 4.99. The Hall–Kier alpha value is -0.870. The zero-order valence-corrected chi connectivity index (χ0v) is 12.8. The van der Waals surface area contributed by atoms with Crippen LogP contribution < -0.4 is 5.32 Å². The first-order chi connectivity index (χ1) is 9.11. The molecule has 0 amide bonds. The van der Waals surface area contributed by atoms with Crippen LogP contribution in [0.15, 0.2) is 12.4 Å². The Bertz CT molecular complexity index is 385. The first kappa shape index (κ1) is 14.5. The summed E-state index contributed by atoms with van der Waals surface area (Å²) in [6, 6.07) is 1.08. The van der Waals surface area contributed by atoms with Crippen LogP contribution in [0.3, 0.4) is 0 Å². The zero-order valence-electron chi connectivity index (χ0n) is 12.8. The fourth-order valence-corrected chi connectivity index (χ4v) is 3.09. The summed E-state index contributed by atoms with van der Waals surface area (Å²) in [4.78, 5) is 2.49. The smallest absolute Gasteiger partial charge is 0.0537 e. The van der Waals surface area contributed by atoms with Gasteiger partial charge in [-0.25, -0.2) is 0 Å². The van der Waals surface area contributed by atoms with Crippen LogP contribution in [0, 0.1) is 5.92 Å². The van der Waals surface area contributed by atoms with E-state index in [1.807, 2.05) is 4.68 Å². The Morgan fingerprint density at radius 1 is 1.47 bits per heavy atom. The van der Waals surface area contributed by atoms with E-state index in [0.29, 0.717) is 18.0 Å². The lowest BCUT2D eigenvalue weighted by atomic mass is 9.86. The van der Waals surface area contributed by atoms with Crippen LogP contribution in [-0.4, -0.2) is 40.9 Å². The summed E-state index contributed by atoms with van der Waals surface area (Å²) in [5.41, 5.74) is 1.37. The predicted molar refractivity (Wildman–Crippen MR) is 79.1 cm³/mol. The van der Waals surface area contributed by atoms with Gasteiger partial charge >= 0.3 is 0 Å². The van der Waals surface area contributed by atoms with E-state index in [-0.39, 0.29) is 0 Å². The Balaban J connectivity index is 2.11. The summed E-state index contributed by atoms with van der Waals surface area (Å²) in [6.45, 7) is 9.82. The van der Waals surface area contributed by atoms with Crippen LogP contribution >= 0.6 is 0 Å². The van der Waals surface area contributed by atoms with E-state index < -0.39 is 0 Å². The number of hydrogen-bond acceptors (Lipinski definition) is 3. The second-order valence-corrected chi connectivity index (χ2v) is 6.02. The second-order valence-electron chi connectivity index (χ2n) is 6.02. The number of hydrogen-bond donors (Lipinski definition) is 1. The van der Waals surface area contributed by atoms with Crippen molar-refractivity contribution < 1.29 is 0 Å². The molecule has 1 aromatic rings. The highest BCUT2D eigenvalue weighted by Gasteiger charge is 2.31. The molecule has 0 spiro atoms. The van der Waals surface area contributed by atoms with E-state index in [4.69, 9.17) is 0 Å². The van der Waals surface area contributed by atoms with Crippen molar-refractivity contribution in [2.45, 2.75) is 52.2 Å². The second kappa shape index (κ2) is 6.53. The molecular formula is C15H28N4. The molecule has 2 heterocycles. The number of likely N-dealkylation sites (tertiary alicyclic amines) is 1. The third-order valence-corrected chi connectivity index (χ3v) is 4.11. The van der Waals surface area contributed by atoms with Gasteiger partial charge in [-0.2, -0.15) is 5.10 Å². The molecule has 19 heavy (non-hydrogen) atoms. The van der Waals surface area contributed by atoms with Crippen molar-refractivity contribution in [3.8, 4) is 0 Å². The van der Waals surface area contributed by atoms with Crippen LogP contribution in [0.2, 0.25) is 0 Å². The van der Waals surface area contributed by atoms with Crippen LogP contribution in [0.5, 0.6) is 0 Å². The maximum atomic E-state index is 4.44. The molecule has 0 aliphatic carbocycles. The van der Waals surface area contributed by atoms with Crippen molar-refractivity contribution in [3.05, 3.63) is 18.0 Å². The Morgan fingerprint density at radius 3 is 2.89 bits per heavy atom. The SMILES string of the molecule is CCn1cc(C2C(CNC(C)C)CCCN2C)cn1. The molecule has 1 fully saturated rings. The minimum atomic E-state index is 0.514. The van der Waals surface area contributed by atoms with Crippen molar-refractivity contribution in [2.24, 2.45) is 5.92 Å². The van der Waals surface area contributed by atoms with E-state index in [0.717, 1.165) is 13.1 Å². The highest BCUT2D eigenvalue weighted by molar-refractivity contribution is 5.13. The van der Waals surface area contributed by atoms with Gasteiger partial charge in [-0.15, -0.1) is 0 Å². The molecule has 1 N–H and O–H groups in total. The van der Waals surface area contributed by atoms with Gasteiger partial charge in [0, 0.05) is 36.9 Å². The molecule has 0 aromatic carbocycles. The molecule has 0 bridgehead atoms. The molecule has 2 unspecified atom stereocenters. The number of nitrogens with zero attached hydrogens (tertiary/aromatic N) is 3. The van der Waals surface area contributed by atoms with Crippen LogP contribution in [0.25, 0.3) is 0 Å². The van der Waals surface area contributed by atoms with Gasteiger partial charge in [0.25, 0.3) is 0 Å². The molecule has 0 radical (unpaired) electrons. The van der Waals surface area contributed by atoms with E-state index >= 15 is 0 Å². The normalized spacial score (nSPS) is 25.1. The fourth-order valence-electron chi connectivity index (χ4n) is 3.09. The number of aryl methyl sites for hydroxylation is 1. The first-order valence-corrected chi connectivity index (χ1v) is 7.57. The van der Waals surface area contributed by atoms with E-state index in [1.165, 1.54) is 24.9 Å². The van der Waals surface area contributed by atoms with Gasteiger partial charge < -0.3 is 5.32 Å². The van der Waals surface area contributed by atoms with Crippen LogP contribution in [0.1, 0.15) is 45.2 Å². The van der Waals surface area contributed by atoms with Gasteiger partial charge in [0.05, 0.1) is 6.20 Å². The summed E-state index contributed by atoms with van der Waals surface area (Å²) in [7, 11) is 2.25. The quantitative estimate of drug-likeness (QED) is 0.886. The van der Waals surface area contributed by atoms with Crippen molar-refractivity contribution in [3.63, 3.8) is 0 Å². The van der Waals surface area contributed by atoms with Crippen molar-refractivity contribution >= 4 is 0 Å². The monoisotopic (exact) mass is 264 g/mol. The standard InChI is InChI=1S/C15H28N4/c1-5-19-11-14(10-17-19)15-13(9-16-12(2)3)7-6-8-18(15)4/h10-13,15-16H,5-9H2,1-4H3. The van der Waals surface area contributed by atoms with Crippen molar-refractivity contribution in [1.82, 2.24) is 20.0 Å². The number of aromatic nitrogens is 2. The summed E-state index contributed by atoms with van der Waals surface area (Å²) in [5, 5.41) is 8.05. The molecule has 1 aliphatic heterocycles. The van der Waals surface area contributed by atoms with E-state index in [1.54, 1.807) is 0 Å². The highest BCUT2D eigenvalue weighted by atomic mass is 15.3. The molecule has 0 saturated carbocycles. The minimum Gasteiger partial charge on any atom is -0.314 e. The molecular weight excluding hydrogens is 236 g/mol. The summed E-state index contributed by atoms with van der Waals surface area (Å²) in [5.74, 6) is 0.690. The van der Waals surface area contributed by atoms with E-state index in [2.05, 4.69) is 55.5 Å². The molecule has 2 rings (SSSR count). The van der Waals surface area contributed by atoms with Gasteiger partial charge in [0.1, 0.15) is 0 Å². The number of piperidine rings is 1. The third-order valence-electron chi connectivity index (χ3n) is 4.11. The molecule has 4 nitrogen and oxygen atoms in total. The largest absolute Gasteiger partial charge is 0.314 e. The minimum absolute atomic E-state index is 0.514. The van der Waals surface area contributed by atoms with Gasteiger partial charge in [0.2, 0.25) is 0 Å². The maximum absolute atomic E-state index is 4.44. The van der Waals surface area contributed by atoms with Gasteiger partial charge in [-0.1, -0.05) is 13.8 Å². The maximum Gasteiger partial charge on any atom is 0.0537 e. The molecule has 108 valence electrons.